The molecule has 2 N–H and O–H groups in total. The molecule has 0 amide bonds. The van der Waals surface area contributed by atoms with Gasteiger partial charge in [-0.25, -0.2) is 0 Å². The molecule has 1 aromatic rings. The summed E-state index contributed by atoms with van der Waals surface area (Å²) in [4.78, 5) is 4.85. The second-order valence-electron chi connectivity index (χ2n) is 5.29. The van der Waals surface area contributed by atoms with Crippen LogP contribution in [0.4, 0.5) is 5.69 Å². The van der Waals surface area contributed by atoms with E-state index in [-0.39, 0.29) is 0 Å². The van der Waals surface area contributed by atoms with E-state index < -0.39 is 0 Å². The van der Waals surface area contributed by atoms with Crippen LogP contribution in [0.5, 0.6) is 5.75 Å². The van der Waals surface area contributed by atoms with Gasteiger partial charge in [-0.05, 0) is 18.6 Å². The molecule has 4 nitrogen and oxygen atoms in total. The third-order valence-corrected chi connectivity index (χ3v) is 3.78. The molecule has 4 heteroatoms. The van der Waals surface area contributed by atoms with Gasteiger partial charge in [-0.2, -0.15) is 0 Å². The van der Waals surface area contributed by atoms with Crippen LogP contribution in [-0.4, -0.2) is 50.8 Å². The van der Waals surface area contributed by atoms with Crippen LogP contribution in [0, 0.1) is 0 Å². The minimum absolute atomic E-state index is 0.747. The van der Waals surface area contributed by atoms with Gasteiger partial charge >= 0.3 is 0 Å². The predicted molar refractivity (Wildman–Crippen MR) is 84.6 cm³/mol. The largest absolute Gasteiger partial charge is 0.491 e. The molecule has 1 aliphatic heterocycles. The van der Waals surface area contributed by atoms with Crippen molar-refractivity contribution in [2.24, 2.45) is 5.73 Å². The van der Waals surface area contributed by atoms with Crippen molar-refractivity contribution >= 4 is 5.69 Å². The number of unbranched alkanes of at least 4 members (excludes halogenated alkanes) is 1. The molecule has 1 aliphatic rings. The van der Waals surface area contributed by atoms with E-state index in [1.807, 2.05) is 0 Å². The number of ether oxygens (including phenoxy) is 1. The summed E-state index contributed by atoms with van der Waals surface area (Å²) in [6.07, 6.45) is 2.28. The van der Waals surface area contributed by atoms with Crippen LogP contribution in [0.1, 0.15) is 19.8 Å². The van der Waals surface area contributed by atoms with Gasteiger partial charge in [0.1, 0.15) is 5.75 Å². The van der Waals surface area contributed by atoms with E-state index in [1.165, 1.54) is 12.1 Å². The van der Waals surface area contributed by atoms with Gasteiger partial charge in [0.25, 0.3) is 0 Å². The van der Waals surface area contributed by atoms with Crippen molar-refractivity contribution in [3.8, 4) is 5.75 Å². The van der Waals surface area contributed by atoms with E-state index in [4.69, 9.17) is 10.5 Å². The summed E-state index contributed by atoms with van der Waals surface area (Å²) in [6.45, 7) is 9.01. The zero-order valence-corrected chi connectivity index (χ0v) is 12.6. The summed E-state index contributed by atoms with van der Waals surface area (Å²) < 4.78 is 5.93. The fraction of sp³-hybridized carbons (Fsp3) is 0.625. The summed E-state index contributed by atoms with van der Waals surface area (Å²) in [7, 11) is 0. The number of benzene rings is 1. The lowest BCUT2D eigenvalue weighted by atomic mass is 10.2. The van der Waals surface area contributed by atoms with Crippen LogP contribution in [0.25, 0.3) is 0 Å². The minimum atomic E-state index is 0.747. The first-order valence-corrected chi connectivity index (χ1v) is 7.74. The maximum Gasteiger partial charge on any atom is 0.142 e. The molecule has 0 spiro atoms. The molecule has 0 aliphatic carbocycles. The second kappa shape index (κ2) is 8.12. The molecule has 0 radical (unpaired) electrons. The Morgan fingerprint density at radius 2 is 1.90 bits per heavy atom. The first-order chi connectivity index (χ1) is 9.85. The maximum absolute atomic E-state index is 5.93. The Hall–Kier alpha value is -1.26. The maximum atomic E-state index is 5.93. The van der Waals surface area contributed by atoms with E-state index in [2.05, 4.69) is 41.0 Å². The zero-order valence-electron chi connectivity index (χ0n) is 12.6. The van der Waals surface area contributed by atoms with Crippen LogP contribution in [0.3, 0.4) is 0 Å². The molecule has 0 aromatic heterocycles. The highest BCUT2D eigenvalue weighted by atomic mass is 16.5. The van der Waals surface area contributed by atoms with Gasteiger partial charge in [-0.3, -0.25) is 4.90 Å². The third-order valence-electron chi connectivity index (χ3n) is 3.78. The van der Waals surface area contributed by atoms with Crippen molar-refractivity contribution in [3.05, 3.63) is 24.3 Å². The van der Waals surface area contributed by atoms with E-state index in [0.29, 0.717) is 0 Å². The standard InChI is InChI=1S/C16H27N3O/c1-2-3-14-20-16-7-5-4-6-15(16)19-12-10-18(9-8-17)11-13-19/h4-7H,2-3,8-14,17H2,1H3. The van der Waals surface area contributed by atoms with Crippen molar-refractivity contribution in [2.45, 2.75) is 19.8 Å². The van der Waals surface area contributed by atoms with Crippen molar-refractivity contribution in [1.29, 1.82) is 0 Å². The third kappa shape index (κ3) is 4.12. The Morgan fingerprint density at radius 3 is 2.60 bits per heavy atom. The summed E-state index contributed by atoms with van der Waals surface area (Å²) in [5.41, 5.74) is 6.85. The topological polar surface area (TPSA) is 41.7 Å². The van der Waals surface area contributed by atoms with E-state index in [1.54, 1.807) is 0 Å². The molecule has 2 rings (SSSR count). The summed E-state index contributed by atoms with van der Waals surface area (Å²) in [5.74, 6) is 1.02. The Balaban J connectivity index is 1.95. The quantitative estimate of drug-likeness (QED) is 0.774. The Labute approximate surface area is 122 Å². The Morgan fingerprint density at radius 1 is 1.15 bits per heavy atom. The predicted octanol–water partition coefficient (Wildman–Crippen LogP) is 1.95. The van der Waals surface area contributed by atoms with E-state index in [9.17, 15) is 0 Å². The van der Waals surface area contributed by atoms with Crippen molar-refractivity contribution in [1.82, 2.24) is 4.90 Å². The molecule has 0 bridgehead atoms. The van der Waals surface area contributed by atoms with Crippen LogP contribution in [-0.2, 0) is 0 Å². The molecule has 20 heavy (non-hydrogen) atoms. The van der Waals surface area contributed by atoms with Gasteiger partial charge in [-0.1, -0.05) is 25.5 Å². The summed E-state index contributed by atoms with van der Waals surface area (Å²) in [6, 6.07) is 8.39. The number of hydrogen-bond acceptors (Lipinski definition) is 4. The number of anilines is 1. The fourth-order valence-corrected chi connectivity index (χ4v) is 2.56. The highest BCUT2D eigenvalue weighted by Crippen LogP contribution is 2.28. The number of para-hydroxylation sites is 2. The Bertz CT molecular complexity index is 389. The number of rotatable bonds is 7. The number of piperazine rings is 1. The molecular formula is C16H27N3O. The molecule has 112 valence electrons. The molecule has 1 fully saturated rings. The number of nitrogens with zero attached hydrogens (tertiary/aromatic N) is 2. The van der Waals surface area contributed by atoms with Crippen LogP contribution in [0.15, 0.2) is 24.3 Å². The van der Waals surface area contributed by atoms with Gasteiger partial charge in [0.2, 0.25) is 0 Å². The van der Waals surface area contributed by atoms with E-state index >= 15 is 0 Å². The van der Waals surface area contributed by atoms with Crippen molar-refractivity contribution in [3.63, 3.8) is 0 Å². The zero-order chi connectivity index (χ0) is 14.2. The lowest BCUT2D eigenvalue weighted by Crippen LogP contribution is -2.47. The molecule has 0 atom stereocenters. The van der Waals surface area contributed by atoms with Crippen LogP contribution < -0.4 is 15.4 Å². The van der Waals surface area contributed by atoms with Gasteiger partial charge in [0, 0.05) is 39.3 Å². The monoisotopic (exact) mass is 277 g/mol. The van der Waals surface area contributed by atoms with Crippen molar-refractivity contribution in [2.75, 3.05) is 50.8 Å². The minimum Gasteiger partial charge on any atom is -0.491 e. The molecule has 0 unspecified atom stereocenters. The van der Waals surface area contributed by atoms with Gasteiger partial charge in [0.05, 0.1) is 12.3 Å². The van der Waals surface area contributed by atoms with Crippen molar-refractivity contribution < 1.29 is 4.74 Å². The summed E-state index contributed by atoms with van der Waals surface area (Å²) >= 11 is 0. The molecule has 0 saturated carbocycles. The lowest BCUT2D eigenvalue weighted by Gasteiger charge is -2.36. The lowest BCUT2D eigenvalue weighted by molar-refractivity contribution is 0.262. The van der Waals surface area contributed by atoms with E-state index in [0.717, 1.165) is 58.0 Å². The van der Waals surface area contributed by atoms with Gasteiger partial charge in [-0.15, -0.1) is 0 Å². The fourth-order valence-electron chi connectivity index (χ4n) is 2.56. The first kappa shape index (κ1) is 15.1. The Kier molecular flexibility index (Phi) is 6.15. The normalized spacial score (nSPS) is 16.4. The highest BCUT2D eigenvalue weighted by molar-refractivity contribution is 5.58. The molecule has 1 aromatic carbocycles. The average molecular weight is 277 g/mol. The number of hydrogen-bond donors (Lipinski definition) is 1. The summed E-state index contributed by atoms with van der Waals surface area (Å²) in [5, 5.41) is 0. The second-order valence-corrected chi connectivity index (χ2v) is 5.29. The number of nitrogens with two attached hydrogens (primary N) is 1. The SMILES string of the molecule is CCCCOc1ccccc1N1CCN(CCN)CC1. The average Bonchev–Trinajstić information content (AvgIpc) is 2.49. The smallest absolute Gasteiger partial charge is 0.142 e. The first-order valence-electron chi connectivity index (χ1n) is 7.74. The van der Waals surface area contributed by atoms with Crippen LogP contribution in [0.2, 0.25) is 0 Å². The molecule has 1 saturated heterocycles. The van der Waals surface area contributed by atoms with Gasteiger partial charge < -0.3 is 15.4 Å². The van der Waals surface area contributed by atoms with Gasteiger partial charge in [0.15, 0.2) is 0 Å². The highest BCUT2D eigenvalue weighted by Gasteiger charge is 2.18. The molecular weight excluding hydrogens is 250 g/mol. The van der Waals surface area contributed by atoms with Crippen LogP contribution >= 0.6 is 0 Å². The molecule has 1 heterocycles.